The van der Waals surface area contributed by atoms with Gasteiger partial charge in [0, 0.05) is 17.3 Å². The maximum absolute atomic E-state index is 14.2. The number of methoxy groups -OCH3 is 1. The van der Waals surface area contributed by atoms with Gasteiger partial charge in [-0.15, -0.1) is 0 Å². The lowest BCUT2D eigenvalue weighted by atomic mass is 9.71. The van der Waals surface area contributed by atoms with Crippen LogP contribution >= 0.6 is 11.6 Å². The normalized spacial score (nSPS) is 20.7. The molecule has 2 aliphatic rings. The molecule has 0 fully saturated rings. The SMILES string of the molecule is COC(=O)c1cc2c(cc1F)OC[C@@]1(C=N2)CCCc2cc(Cl)ccc21. The second-order valence-electron chi connectivity index (χ2n) is 6.65. The predicted molar refractivity (Wildman–Crippen MR) is 97.5 cm³/mol. The first-order valence-corrected chi connectivity index (χ1v) is 8.79. The van der Waals surface area contributed by atoms with Crippen molar-refractivity contribution in [2.24, 2.45) is 4.99 Å². The number of carbonyl (C=O) groups excluding carboxylic acids is 1. The molecular weight excluding hydrogens is 357 g/mol. The van der Waals surface area contributed by atoms with E-state index in [1.54, 1.807) is 0 Å². The van der Waals surface area contributed by atoms with Crippen LogP contribution in [0, 0.1) is 5.82 Å². The van der Waals surface area contributed by atoms with Gasteiger partial charge < -0.3 is 9.47 Å². The molecular formula is C20H17ClFNO3. The summed E-state index contributed by atoms with van der Waals surface area (Å²) >= 11 is 6.14. The Balaban J connectivity index is 1.77. The van der Waals surface area contributed by atoms with Crippen LogP contribution in [0.5, 0.6) is 5.75 Å². The molecule has 0 radical (unpaired) electrons. The lowest BCUT2D eigenvalue weighted by molar-refractivity contribution is 0.0595. The van der Waals surface area contributed by atoms with Gasteiger partial charge in [0.1, 0.15) is 23.9 Å². The predicted octanol–water partition coefficient (Wildman–Crippen LogP) is 4.63. The fourth-order valence-corrected chi connectivity index (χ4v) is 3.93. The van der Waals surface area contributed by atoms with Gasteiger partial charge >= 0.3 is 5.97 Å². The highest BCUT2D eigenvalue weighted by atomic mass is 35.5. The molecule has 134 valence electrons. The standard InChI is InChI=1S/C20H17ClFNO3/c1-25-19(24)14-8-17-18(9-16(14)22)26-11-20(10-23-17)6-2-3-12-7-13(21)4-5-15(12)20/h4-5,7-10H,2-3,6,11H2,1H3/t20-/m0/s1. The van der Waals surface area contributed by atoms with Crippen molar-refractivity contribution in [1.29, 1.82) is 0 Å². The number of halogens is 2. The number of nitrogens with zero attached hydrogens (tertiary/aromatic N) is 1. The molecule has 1 heterocycles. The average molecular weight is 374 g/mol. The first kappa shape index (κ1) is 17.0. The van der Waals surface area contributed by atoms with Crippen LogP contribution in [0.15, 0.2) is 35.3 Å². The van der Waals surface area contributed by atoms with E-state index in [1.807, 2.05) is 24.4 Å². The Hall–Kier alpha value is -2.40. The second kappa shape index (κ2) is 6.40. The molecule has 4 nitrogen and oxygen atoms in total. The Morgan fingerprint density at radius 2 is 2.19 bits per heavy atom. The van der Waals surface area contributed by atoms with E-state index in [0.29, 0.717) is 23.1 Å². The molecule has 1 spiro atoms. The van der Waals surface area contributed by atoms with Gasteiger partial charge in [0.15, 0.2) is 0 Å². The molecule has 4 rings (SSSR count). The fraction of sp³-hybridized carbons (Fsp3) is 0.300. The summed E-state index contributed by atoms with van der Waals surface area (Å²) in [4.78, 5) is 16.3. The summed E-state index contributed by atoms with van der Waals surface area (Å²) in [5.74, 6) is -1.10. The van der Waals surface area contributed by atoms with E-state index in [9.17, 15) is 9.18 Å². The monoisotopic (exact) mass is 373 g/mol. The van der Waals surface area contributed by atoms with Crippen molar-refractivity contribution in [2.45, 2.75) is 24.7 Å². The maximum Gasteiger partial charge on any atom is 0.340 e. The third kappa shape index (κ3) is 2.76. The van der Waals surface area contributed by atoms with Gasteiger partial charge in [-0.25, -0.2) is 9.18 Å². The lowest BCUT2D eigenvalue weighted by Gasteiger charge is -2.35. The first-order chi connectivity index (χ1) is 12.5. The first-order valence-electron chi connectivity index (χ1n) is 8.41. The summed E-state index contributed by atoms with van der Waals surface area (Å²) in [5.41, 5.74) is 2.20. The van der Waals surface area contributed by atoms with Gasteiger partial charge in [0.25, 0.3) is 0 Å². The van der Waals surface area contributed by atoms with Gasteiger partial charge in [0.2, 0.25) is 0 Å². The lowest BCUT2D eigenvalue weighted by Crippen LogP contribution is -2.38. The van der Waals surface area contributed by atoms with Crippen LogP contribution in [0.4, 0.5) is 10.1 Å². The van der Waals surface area contributed by atoms with E-state index in [4.69, 9.17) is 16.3 Å². The minimum Gasteiger partial charge on any atom is -0.490 e. The highest BCUT2D eigenvalue weighted by Gasteiger charge is 2.38. The van der Waals surface area contributed by atoms with E-state index in [1.165, 1.54) is 24.8 Å². The molecule has 0 saturated heterocycles. The minimum absolute atomic E-state index is 0.154. The zero-order chi connectivity index (χ0) is 18.3. The quantitative estimate of drug-likeness (QED) is 0.684. The van der Waals surface area contributed by atoms with Crippen molar-refractivity contribution in [1.82, 2.24) is 0 Å². The molecule has 1 aliphatic carbocycles. The number of hydrogen-bond acceptors (Lipinski definition) is 4. The molecule has 6 heteroatoms. The number of rotatable bonds is 1. The van der Waals surface area contributed by atoms with Crippen LogP contribution in [0.3, 0.4) is 0 Å². The van der Waals surface area contributed by atoms with Crippen LogP contribution in [0.25, 0.3) is 0 Å². The van der Waals surface area contributed by atoms with Crippen molar-refractivity contribution < 1.29 is 18.7 Å². The summed E-state index contributed by atoms with van der Waals surface area (Å²) in [7, 11) is 1.21. The van der Waals surface area contributed by atoms with Crippen LogP contribution in [0.2, 0.25) is 5.02 Å². The summed E-state index contributed by atoms with van der Waals surface area (Å²) in [6.45, 7) is 0.356. The molecule has 0 bridgehead atoms. The summed E-state index contributed by atoms with van der Waals surface area (Å²) in [5, 5.41) is 0.709. The van der Waals surface area contributed by atoms with E-state index in [0.717, 1.165) is 24.8 Å². The highest BCUT2D eigenvalue weighted by Crippen LogP contribution is 2.42. The summed E-state index contributed by atoms with van der Waals surface area (Å²) < 4.78 is 24.8. The summed E-state index contributed by atoms with van der Waals surface area (Å²) in [6.07, 6.45) is 4.69. The zero-order valence-electron chi connectivity index (χ0n) is 14.2. The Morgan fingerprint density at radius 1 is 1.35 bits per heavy atom. The molecule has 1 atom stereocenters. The van der Waals surface area contributed by atoms with Gasteiger partial charge in [-0.1, -0.05) is 17.7 Å². The van der Waals surface area contributed by atoms with Gasteiger partial charge in [-0.3, -0.25) is 4.99 Å². The van der Waals surface area contributed by atoms with Crippen LogP contribution < -0.4 is 4.74 Å². The van der Waals surface area contributed by atoms with E-state index in [-0.39, 0.29) is 11.0 Å². The number of carbonyl (C=O) groups is 1. The van der Waals surface area contributed by atoms with Crippen molar-refractivity contribution in [2.75, 3.05) is 13.7 Å². The van der Waals surface area contributed by atoms with Crippen molar-refractivity contribution in [3.05, 3.63) is 57.9 Å². The number of fused-ring (bicyclic) bond motifs is 3. The Kier molecular flexibility index (Phi) is 4.19. The third-order valence-corrected chi connectivity index (χ3v) is 5.30. The fourth-order valence-electron chi connectivity index (χ4n) is 3.73. The van der Waals surface area contributed by atoms with Crippen LogP contribution in [0.1, 0.15) is 34.3 Å². The van der Waals surface area contributed by atoms with E-state index >= 15 is 0 Å². The van der Waals surface area contributed by atoms with Gasteiger partial charge in [0.05, 0.1) is 18.1 Å². The molecule has 0 amide bonds. The smallest absolute Gasteiger partial charge is 0.340 e. The average Bonchev–Trinajstić information content (AvgIpc) is 2.81. The number of benzene rings is 2. The molecule has 2 aromatic rings. The largest absolute Gasteiger partial charge is 0.490 e. The molecule has 0 saturated carbocycles. The number of aryl methyl sites for hydroxylation is 1. The number of aliphatic imine (C=N–C) groups is 1. The molecule has 26 heavy (non-hydrogen) atoms. The van der Waals surface area contributed by atoms with Crippen molar-refractivity contribution in [3.63, 3.8) is 0 Å². The van der Waals surface area contributed by atoms with E-state index in [2.05, 4.69) is 9.73 Å². The van der Waals surface area contributed by atoms with Crippen molar-refractivity contribution in [3.8, 4) is 5.75 Å². The Bertz CT molecular complexity index is 928. The molecule has 1 aliphatic heterocycles. The number of esters is 1. The zero-order valence-corrected chi connectivity index (χ0v) is 15.0. The molecule has 2 aromatic carbocycles. The topological polar surface area (TPSA) is 47.9 Å². The third-order valence-electron chi connectivity index (χ3n) is 5.06. The molecule has 0 aromatic heterocycles. The van der Waals surface area contributed by atoms with Gasteiger partial charge in [-0.05, 0) is 48.6 Å². The summed E-state index contributed by atoms with van der Waals surface area (Å²) in [6, 6.07) is 8.44. The second-order valence-corrected chi connectivity index (χ2v) is 7.09. The Labute approximate surface area is 155 Å². The van der Waals surface area contributed by atoms with Crippen LogP contribution in [-0.4, -0.2) is 25.9 Å². The van der Waals surface area contributed by atoms with Crippen molar-refractivity contribution >= 4 is 29.5 Å². The van der Waals surface area contributed by atoms with Gasteiger partial charge in [-0.2, -0.15) is 0 Å². The maximum atomic E-state index is 14.2. The number of ether oxygens (including phenoxy) is 2. The van der Waals surface area contributed by atoms with E-state index < -0.39 is 11.8 Å². The Morgan fingerprint density at radius 3 is 3.00 bits per heavy atom. The highest BCUT2D eigenvalue weighted by molar-refractivity contribution is 6.30. The molecule has 0 N–H and O–H groups in total. The molecule has 0 unspecified atom stereocenters. The number of hydrogen-bond donors (Lipinski definition) is 0. The minimum atomic E-state index is -0.739. The van der Waals surface area contributed by atoms with Crippen LogP contribution in [-0.2, 0) is 16.6 Å².